The van der Waals surface area contributed by atoms with Crippen molar-refractivity contribution in [2.45, 2.75) is 32.2 Å². The summed E-state index contributed by atoms with van der Waals surface area (Å²) in [7, 11) is 3.79. The highest BCUT2D eigenvalue weighted by Crippen LogP contribution is 2.02. The van der Waals surface area contributed by atoms with E-state index in [0.29, 0.717) is 12.5 Å². The largest absolute Gasteiger partial charge is 0.385 e. The van der Waals surface area contributed by atoms with Crippen molar-refractivity contribution in [1.29, 1.82) is 5.26 Å². The Labute approximate surface area is 81.3 Å². The molecular weight excluding hydrogens is 164 g/mol. The number of unbranched alkanes of at least 4 members (excludes halogenated alkanes) is 1. The molecule has 0 aliphatic heterocycles. The number of nitriles is 1. The van der Waals surface area contributed by atoms with Crippen LogP contribution in [0.5, 0.6) is 0 Å². The third kappa shape index (κ3) is 6.56. The average Bonchev–Trinajstić information content (AvgIpc) is 2.12. The number of hydrogen-bond donors (Lipinski definition) is 0. The van der Waals surface area contributed by atoms with Crippen LogP contribution < -0.4 is 0 Å². The summed E-state index contributed by atoms with van der Waals surface area (Å²) < 4.78 is 4.96. The van der Waals surface area contributed by atoms with E-state index in [1.165, 1.54) is 0 Å². The molecule has 0 N–H and O–H groups in total. The normalized spacial score (nSPS) is 12.8. The minimum absolute atomic E-state index is 0.368. The Morgan fingerprint density at radius 3 is 2.69 bits per heavy atom. The molecule has 0 radical (unpaired) electrons. The van der Waals surface area contributed by atoms with Gasteiger partial charge in [0.2, 0.25) is 0 Å². The Morgan fingerprint density at radius 2 is 2.15 bits per heavy atom. The Bertz CT molecular complexity index is 153. The maximum absolute atomic E-state index is 8.50. The third-order valence-electron chi connectivity index (χ3n) is 2.25. The van der Waals surface area contributed by atoms with E-state index in [-0.39, 0.29) is 0 Å². The minimum atomic E-state index is 0.368. The van der Waals surface area contributed by atoms with Crippen LogP contribution in [0.3, 0.4) is 0 Å². The molecule has 13 heavy (non-hydrogen) atoms. The molecule has 1 unspecified atom stereocenters. The summed E-state index contributed by atoms with van der Waals surface area (Å²) in [6.07, 6.45) is 2.85. The second-order valence-corrected chi connectivity index (χ2v) is 3.39. The topological polar surface area (TPSA) is 36.3 Å². The van der Waals surface area contributed by atoms with Gasteiger partial charge < -0.3 is 9.64 Å². The van der Waals surface area contributed by atoms with Crippen molar-refractivity contribution in [1.82, 2.24) is 4.90 Å². The molecule has 0 bridgehead atoms. The van der Waals surface area contributed by atoms with Gasteiger partial charge in [0.05, 0.1) is 12.5 Å². The summed E-state index contributed by atoms with van der Waals surface area (Å²) in [6.45, 7) is 3.96. The van der Waals surface area contributed by atoms with Gasteiger partial charge >= 0.3 is 0 Å². The standard InChI is InChI=1S/C10H20N2O/c1-10(6-7-11)12(2)8-4-5-9-13-3/h10H,4-6,8-9H2,1-3H3. The summed E-state index contributed by atoms with van der Waals surface area (Å²) in [5.74, 6) is 0. The maximum atomic E-state index is 8.50. The molecule has 0 spiro atoms. The first-order valence-electron chi connectivity index (χ1n) is 4.78. The first-order chi connectivity index (χ1) is 6.22. The summed E-state index contributed by atoms with van der Waals surface area (Å²) in [4.78, 5) is 2.22. The second kappa shape index (κ2) is 8.03. The fraction of sp³-hybridized carbons (Fsp3) is 0.900. The van der Waals surface area contributed by atoms with Crippen molar-refractivity contribution < 1.29 is 4.74 Å². The summed E-state index contributed by atoms with van der Waals surface area (Å²) in [6, 6.07) is 2.55. The highest BCUT2D eigenvalue weighted by molar-refractivity contribution is 4.78. The van der Waals surface area contributed by atoms with Crippen LogP contribution in [0.1, 0.15) is 26.2 Å². The number of methoxy groups -OCH3 is 1. The second-order valence-electron chi connectivity index (χ2n) is 3.39. The van der Waals surface area contributed by atoms with E-state index in [9.17, 15) is 0 Å². The molecule has 0 rings (SSSR count). The van der Waals surface area contributed by atoms with Gasteiger partial charge in [0, 0.05) is 19.8 Å². The van der Waals surface area contributed by atoms with Gasteiger partial charge in [0.1, 0.15) is 0 Å². The maximum Gasteiger partial charge on any atom is 0.0638 e. The predicted molar refractivity (Wildman–Crippen MR) is 53.4 cm³/mol. The van der Waals surface area contributed by atoms with E-state index < -0.39 is 0 Å². The molecule has 0 aliphatic carbocycles. The molecule has 3 nitrogen and oxygen atoms in total. The van der Waals surface area contributed by atoms with Crippen LogP contribution in [0.25, 0.3) is 0 Å². The molecule has 0 saturated carbocycles. The van der Waals surface area contributed by atoms with Crippen molar-refractivity contribution in [2.24, 2.45) is 0 Å². The van der Waals surface area contributed by atoms with E-state index in [0.717, 1.165) is 26.0 Å². The smallest absolute Gasteiger partial charge is 0.0638 e. The van der Waals surface area contributed by atoms with Crippen LogP contribution in [0.15, 0.2) is 0 Å². The number of ether oxygens (including phenoxy) is 1. The predicted octanol–water partition coefficient (Wildman–Crippen LogP) is 1.65. The first-order valence-corrected chi connectivity index (χ1v) is 4.78. The van der Waals surface area contributed by atoms with E-state index in [4.69, 9.17) is 10.00 Å². The van der Waals surface area contributed by atoms with Gasteiger partial charge in [-0.1, -0.05) is 0 Å². The molecule has 76 valence electrons. The molecule has 0 fully saturated rings. The van der Waals surface area contributed by atoms with Crippen LogP contribution in [-0.4, -0.2) is 38.3 Å². The highest BCUT2D eigenvalue weighted by Gasteiger charge is 2.06. The lowest BCUT2D eigenvalue weighted by molar-refractivity contribution is 0.182. The molecule has 3 heteroatoms. The van der Waals surface area contributed by atoms with Crippen LogP contribution in [0.2, 0.25) is 0 Å². The fourth-order valence-electron chi connectivity index (χ4n) is 1.12. The zero-order valence-corrected chi connectivity index (χ0v) is 8.92. The van der Waals surface area contributed by atoms with Gasteiger partial charge in [0.25, 0.3) is 0 Å². The lowest BCUT2D eigenvalue weighted by atomic mass is 10.2. The van der Waals surface area contributed by atoms with E-state index in [2.05, 4.69) is 24.9 Å². The van der Waals surface area contributed by atoms with Crippen molar-refractivity contribution in [3.63, 3.8) is 0 Å². The molecule has 1 atom stereocenters. The summed E-state index contributed by atoms with van der Waals surface area (Å²) >= 11 is 0. The Morgan fingerprint density at radius 1 is 1.46 bits per heavy atom. The van der Waals surface area contributed by atoms with Gasteiger partial charge in [-0.3, -0.25) is 0 Å². The zero-order chi connectivity index (χ0) is 10.1. The molecule has 0 aliphatic rings. The van der Waals surface area contributed by atoms with Gasteiger partial charge in [0.15, 0.2) is 0 Å². The average molecular weight is 184 g/mol. The Hall–Kier alpha value is -0.590. The van der Waals surface area contributed by atoms with E-state index >= 15 is 0 Å². The molecular formula is C10H20N2O. The van der Waals surface area contributed by atoms with Gasteiger partial charge in [-0.25, -0.2) is 0 Å². The zero-order valence-electron chi connectivity index (χ0n) is 8.92. The summed E-state index contributed by atoms with van der Waals surface area (Å²) in [5, 5.41) is 8.50. The quantitative estimate of drug-likeness (QED) is 0.564. The number of nitrogens with zero attached hydrogens (tertiary/aromatic N) is 2. The number of hydrogen-bond acceptors (Lipinski definition) is 3. The first kappa shape index (κ1) is 12.4. The summed E-state index contributed by atoms with van der Waals surface area (Å²) in [5.41, 5.74) is 0. The molecule has 0 amide bonds. The number of rotatable bonds is 7. The SMILES string of the molecule is COCCCCN(C)C(C)CC#N. The Balaban J connectivity index is 3.39. The molecule has 0 aromatic heterocycles. The van der Waals surface area contributed by atoms with E-state index in [1.54, 1.807) is 7.11 Å². The molecule has 0 aromatic rings. The van der Waals surface area contributed by atoms with Gasteiger partial charge in [-0.15, -0.1) is 0 Å². The lowest BCUT2D eigenvalue weighted by Crippen LogP contribution is -2.29. The van der Waals surface area contributed by atoms with Gasteiger partial charge in [-0.2, -0.15) is 5.26 Å². The highest BCUT2D eigenvalue weighted by atomic mass is 16.5. The van der Waals surface area contributed by atoms with Gasteiger partial charge in [-0.05, 0) is 33.4 Å². The Kier molecular flexibility index (Phi) is 7.66. The lowest BCUT2D eigenvalue weighted by Gasteiger charge is -2.22. The van der Waals surface area contributed by atoms with Crippen molar-refractivity contribution in [2.75, 3.05) is 27.3 Å². The molecule has 0 heterocycles. The van der Waals surface area contributed by atoms with Crippen LogP contribution in [0.4, 0.5) is 0 Å². The minimum Gasteiger partial charge on any atom is -0.385 e. The van der Waals surface area contributed by atoms with Crippen LogP contribution in [0, 0.1) is 11.3 Å². The van der Waals surface area contributed by atoms with Crippen molar-refractivity contribution in [3.05, 3.63) is 0 Å². The van der Waals surface area contributed by atoms with Crippen molar-refractivity contribution in [3.8, 4) is 6.07 Å². The van der Waals surface area contributed by atoms with Crippen LogP contribution >= 0.6 is 0 Å². The fourth-order valence-corrected chi connectivity index (χ4v) is 1.12. The molecule has 0 aromatic carbocycles. The molecule has 0 saturated heterocycles. The monoisotopic (exact) mass is 184 g/mol. The van der Waals surface area contributed by atoms with Crippen molar-refractivity contribution >= 4 is 0 Å². The third-order valence-corrected chi connectivity index (χ3v) is 2.25. The van der Waals surface area contributed by atoms with Crippen LogP contribution in [-0.2, 0) is 4.74 Å². The van der Waals surface area contributed by atoms with E-state index in [1.807, 2.05) is 0 Å².